The smallest absolute Gasteiger partial charge is 0.220 e. The Hall–Kier alpha value is -0.660. The summed E-state index contributed by atoms with van der Waals surface area (Å²) in [5.41, 5.74) is 0. The summed E-state index contributed by atoms with van der Waals surface area (Å²) in [5.74, 6) is 1.38. The first kappa shape index (κ1) is 18.7. The number of hydrogen-bond acceptors (Lipinski definition) is 4. The second-order valence-electron chi connectivity index (χ2n) is 7.08. The van der Waals surface area contributed by atoms with Gasteiger partial charge < -0.3 is 10.6 Å². The number of piperidine rings is 1. The van der Waals surface area contributed by atoms with Crippen LogP contribution in [-0.2, 0) is 14.8 Å². The van der Waals surface area contributed by atoms with Crippen molar-refractivity contribution in [1.29, 1.82) is 0 Å². The van der Waals surface area contributed by atoms with Gasteiger partial charge in [0, 0.05) is 19.5 Å². The van der Waals surface area contributed by atoms with Crippen molar-refractivity contribution in [3.63, 3.8) is 0 Å². The highest BCUT2D eigenvalue weighted by Gasteiger charge is 2.23. The molecular formula is C16H31N3O3S. The average molecular weight is 346 g/mol. The molecule has 1 aliphatic heterocycles. The molecule has 1 amide bonds. The van der Waals surface area contributed by atoms with E-state index in [0.717, 1.165) is 38.8 Å². The zero-order chi connectivity index (χ0) is 16.7. The van der Waals surface area contributed by atoms with Gasteiger partial charge in [0.1, 0.15) is 0 Å². The van der Waals surface area contributed by atoms with E-state index in [1.807, 2.05) is 0 Å². The Morgan fingerprint density at radius 3 is 2.52 bits per heavy atom. The second kappa shape index (κ2) is 8.99. The molecule has 0 radical (unpaired) electrons. The van der Waals surface area contributed by atoms with Gasteiger partial charge in [-0.05, 0) is 56.5 Å². The topological polar surface area (TPSA) is 87.3 Å². The van der Waals surface area contributed by atoms with E-state index in [4.69, 9.17) is 0 Å². The Bertz CT molecular complexity index is 471. The maximum atomic E-state index is 12.0. The van der Waals surface area contributed by atoms with Gasteiger partial charge >= 0.3 is 0 Å². The van der Waals surface area contributed by atoms with Gasteiger partial charge in [-0.3, -0.25) is 4.79 Å². The molecule has 6 nitrogen and oxygen atoms in total. The highest BCUT2D eigenvalue weighted by Crippen LogP contribution is 2.25. The average Bonchev–Trinajstić information content (AvgIpc) is 2.46. The van der Waals surface area contributed by atoms with Crippen molar-refractivity contribution in [3.05, 3.63) is 0 Å². The fourth-order valence-electron chi connectivity index (χ4n) is 3.28. The van der Waals surface area contributed by atoms with Crippen LogP contribution in [0.5, 0.6) is 0 Å². The molecular weight excluding hydrogens is 314 g/mol. The highest BCUT2D eigenvalue weighted by atomic mass is 32.2. The van der Waals surface area contributed by atoms with Crippen LogP contribution in [0.3, 0.4) is 0 Å². The third-order valence-corrected chi connectivity index (χ3v) is 6.55. The van der Waals surface area contributed by atoms with Crippen molar-refractivity contribution >= 4 is 15.9 Å². The predicted molar refractivity (Wildman–Crippen MR) is 91.5 cm³/mol. The Morgan fingerprint density at radius 1 is 1.22 bits per heavy atom. The van der Waals surface area contributed by atoms with Crippen LogP contribution in [0.25, 0.3) is 0 Å². The van der Waals surface area contributed by atoms with Crippen LogP contribution in [0.1, 0.15) is 45.4 Å². The van der Waals surface area contributed by atoms with Crippen LogP contribution in [0, 0.1) is 17.8 Å². The van der Waals surface area contributed by atoms with Gasteiger partial charge in [0.2, 0.25) is 15.9 Å². The molecule has 2 rings (SSSR count). The van der Waals surface area contributed by atoms with Crippen molar-refractivity contribution in [2.45, 2.75) is 45.4 Å². The molecule has 1 unspecified atom stereocenters. The molecule has 1 atom stereocenters. The van der Waals surface area contributed by atoms with Gasteiger partial charge in [-0.25, -0.2) is 13.1 Å². The summed E-state index contributed by atoms with van der Waals surface area (Å²) in [6, 6.07) is 0. The molecule has 1 saturated carbocycles. The Morgan fingerprint density at radius 2 is 1.91 bits per heavy atom. The molecule has 2 aliphatic rings. The lowest BCUT2D eigenvalue weighted by atomic mass is 9.84. The minimum absolute atomic E-state index is 0.0345. The van der Waals surface area contributed by atoms with E-state index in [-0.39, 0.29) is 18.2 Å². The summed E-state index contributed by atoms with van der Waals surface area (Å²) >= 11 is 0. The van der Waals surface area contributed by atoms with Crippen LogP contribution in [0.15, 0.2) is 0 Å². The first-order chi connectivity index (χ1) is 11.0. The lowest BCUT2D eigenvalue weighted by Gasteiger charge is -2.27. The quantitative estimate of drug-likeness (QED) is 0.578. The zero-order valence-corrected chi connectivity index (χ0v) is 15.0. The standard InChI is InChI=1S/C16H31N3O3S/c1-13(15-5-7-17-8-6-15)11-16(20)18-9-10-23(21,22)19-12-14-3-2-4-14/h13-15,17,19H,2-12H2,1H3,(H,18,20). The van der Waals surface area contributed by atoms with Crippen LogP contribution in [0.4, 0.5) is 0 Å². The van der Waals surface area contributed by atoms with Gasteiger partial charge in [-0.2, -0.15) is 0 Å². The number of amides is 1. The minimum atomic E-state index is -3.27. The van der Waals surface area contributed by atoms with Gasteiger partial charge in [0.05, 0.1) is 5.75 Å². The third kappa shape index (κ3) is 6.77. The maximum Gasteiger partial charge on any atom is 0.220 e. The van der Waals surface area contributed by atoms with Crippen LogP contribution < -0.4 is 15.4 Å². The maximum absolute atomic E-state index is 12.0. The van der Waals surface area contributed by atoms with Gasteiger partial charge in [-0.15, -0.1) is 0 Å². The lowest BCUT2D eigenvalue weighted by molar-refractivity contribution is -0.122. The molecule has 0 aromatic rings. The van der Waals surface area contributed by atoms with Gasteiger partial charge in [0.15, 0.2) is 0 Å². The third-order valence-electron chi connectivity index (χ3n) is 5.21. The first-order valence-corrected chi connectivity index (χ1v) is 10.6. The molecule has 134 valence electrons. The molecule has 0 aromatic heterocycles. The van der Waals surface area contributed by atoms with E-state index >= 15 is 0 Å². The van der Waals surface area contributed by atoms with Gasteiger partial charge in [0.25, 0.3) is 0 Å². The molecule has 0 aromatic carbocycles. The highest BCUT2D eigenvalue weighted by molar-refractivity contribution is 7.89. The van der Waals surface area contributed by atoms with Crippen LogP contribution in [0.2, 0.25) is 0 Å². The number of nitrogens with one attached hydrogen (secondary N) is 3. The Kier molecular flexibility index (Phi) is 7.30. The summed E-state index contributed by atoms with van der Waals surface area (Å²) < 4.78 is 26.4. The molecule has 1 aliphatic carbocycles. The molecule has 23 heavy (non-hydrogen) atoms. The molecule has 0 bridgehead atoms. The summed E-state index contributed by atoms with van der Waals surface area (Å²) in [4.78, 5) is 12.0. The van der Waals surface area contributed by atoms with Crippen molar-refractivity contribution in [2.24, 2.45) is 17.8 Å². The summed E-state index contributed by atoms with van der Waals surface area (Å²) in [6.45, 7) is 4.91. The number of carbonyl (C=O) groups is 1. The van der Waals surface area contributed by atoms with Gasteiger partial charge in [-0.1, -0.05) is 13.3 Å². The lowest BCUT2D eigenvalue weighted by Crippen LogP contribution is -2.38. The van der Waals surface area contributed by atoms with E-state index in [9.17, 15) is 13.2 Å². The number of hydrogen-bond donors (Lipinski definition) is 3. The van der Waals surface area contributed by atoms with Crippen molar-refractivity contribution in [3.8, 4) is 0 Å². The molecule has 2 fully saturated rings. The Labute approximate surface area is 140 Å². The van der Waals surface area contributed by atoms with Crippen LogP contribution >= 0.6 is 0 Å². The van der Waals surface area contributed by atoms with E-state index in [0.29, 0.717) is 30.7 Å². The fourth-order valence-corrected chi connectivity index (χ4v) is 4.29. The minimum Gasteiger partial charge on any atom is -0.355 e. The predicted octanol–water partition coefficient (Wildman–Crippen LogP) is 0.848. The normalized spacial score (nSPS) is 21.6. The number of carbonyl (C=O) groups excluding carboxylic acids is 1. The van der Waals surface area contributed by atoms with Crippen molar-refractivity contribution < 1.29 is 13.2 Å². The number of sulfonamides is 1. The molecule has 7 heteroatoms. The fraction of sp³-hybridized carbons (Fsp3) is 0.938. The second-order valence-corrected chi connectivity index (χ2v) is 9.01. The number of rotatable bonds is 9. The monoisotopic (exact) mass is 345 g/mol. The van der Waals surface area contributed by atoms with Crippen molar-refractivity contribution in [2.75, 3.05) is 31.9 Å². The Balaban J connectivity index is 1.59. The van der Waals surface area contributed by atoms with Crippen LogP contribution in [-0.4, -0.2) is 46.3 Å². The van der Waals surface area contributed by atoms with E-state index in [2.05, 4.69) is 22.3 Å². The molecule has 0 spiro atoms. The van der Waals surface area contributed by atoms with E-state index < -0.39 is 10.0 Å². The summed E-state index contributed by atoms with van der Waals surface area (Å²) in [6.07, 6.45) is 6.17. The SMILES string of the molecule is CC(CC(=O)NCCS(=O)(=O)NCC1CCC1)C1CCNCC1. The van der Waals surface area contributed by atoms with E-state index in [1.165, 1.54) is 6.42 Å². The summed E-state index contributed by atoms with van der Waals surface area (Å²) in [7, 11) is -3.27. The first-order valence-electron chi connectivity index (χ1n) is 8.91. The van der Waals surface area contributed by atoms with Crippen molar-refractivity contribution in [1.82, 2.24) is 15.4 Å². The molecule has 3 N–H and O–H groups in total. The molecule has 1 saturated heterocycles. The summed E-state index contributed by atoms with van der Waals surface area (Å²) in [5, 5.41) is 6.08. The molecule has 1 heterocycles. The van der Waals surface area contributed by atoms with E-state index in [1.54, 1.807) is 0 Å². The largest absolute Gasteiger partial charge is 0.355 e. The zero-order valence-electron chi connectivity index (χ0n) is 14.1.